The molecule has 0 saturated heterocycles. The molecular weight excluding hydrogens is 540 g/mol. The monoisotopic (exact) mass is 570 g/mol. The van der Waals surface area contributed by atoms with Gasteiger partial charge in [-0.3, -0.25) is 20.2 Å². The van der Waals surface area contributed by atoms with Crippen LogP contribution in [-0.2, 0) is 25.7 Å². The second kappa shape index (κ2) is 11.8. The van der Waals surface area contributed by atoms with Crippen LogP contribution in [0.4, 0.5) is 11.4 Å². The number of hydrogen-bond acceptors (Lipinski definition) is 8. The molecule has 8 bridgehead atoms. The van der Waals surface area contributed by atoms with E-state index in [4.69, 9.17) is 18.9 Å². The zero-order chi connectivity index (χ0) is 30.0. The fraction of sp³-hybridized carbons (Fsp3) is 0.250. The molecule has 4 aromatic rings. The maximum absolute atomic E-state index is 12.0. The van der Waals surface area contributed by atoms with Crippen molar-refractivity contribution in [2.75, 3.05) is 28.4 Å². The second-order valence-electron chi connectivity index (χ2n) is 10.0. The molecule has 0 saturated carbocycles. The Morgan fingerprint density at radius 3 is 0.929 bits per heavy atom. The van der Waals surface area contributed by atoms with Gasteiger partial charge >= 0.3 is 0 Å². The molecule has 5 rings (SSSR count). The molecule has 0 aromatic heterocycles. The summed E-state index contributed by atoms with van der Waals surface area (Å²) in [4.78, 5) is 23.2. The highest BCUT2D eigenvalue weighted by molar-refractivity contribution is 5.59. The third kappa shape index (κ3) is 5.30. The number of methoxy groups -OCH3 is 4. The van der Waals surface area contributed by atoms with E-state index in [0.717, 1.165) is 22.3 Å². The van der Waals surface area contributed by atoms with Crippen LogP contribution in [0.3, 0.4) is 0 Å². The van der Waals surface area contributed by atoms with Crippen LogP contribution in [0.2, 0.25) is 0 Å². The molecule has 0 atom stereocenters. The molecule has 0 N–H and O–H groups in total. The van der Waals surface area contributed by atoms with Gasteiger partial charge in [0.15, 0.2) is 0 Å². The average molecular weight is 571 g/mol. The lowest BCUT2D eigenvalue weighted by Gasteiger charge is -2.20. The summed E-state index contributed by atoms with van der Waals surface area (Å²) in [5.74, 6) is 2.27. The molecule has 0 heterocycles. The van der Waals surface area contributed by atoms with Crippen LogP contribution in [0.25, 0.3) is 0 Å². The van der Waals surface area contributed by atoms with Gasteiger partial charge in [0.2, 0.25) is 0 Å². The van der Waals surface area contributed by atoms with Crippen molar-refractivity contribution in [1.82, 2.24) is 0 Å². The van der Waals surface area contributed by atoms with Gasteiger partial charge in [0, 0.05) is 72.2 Å². The minimum Gasteiger partial charge on any atom is -0.496 e. The van der Waals surface area contributed by atoms with E-state index in [2.05, 4.69) is 0 Å². The smallest absolute Gasteiger partial charge is 0.270 e. The highest BCUT2D eigenvalue weighted by Gasteiger charge is 2.24. The second-order valence-corrected chi connectivity index (χ2v) is 10.0. The average Bonchev–Trinajstić information content (AvgIpc) is 2.96. The topological polar surface area (TPSA) is 123 Å². The summed E-state index contributed by atoms with van der Waals surface area (Å²) in [6.07, 6.45) is 1.18. The summed E-state index contributed by atoms with van der Waals surface area (Å²) in [5, 5.41) is 24.0. The highest BCUT2D eigenvalue weighted by atomic mass is 16.6. The van der Waals surface area contributed by atoms with Gasteiger partial charge in [0.05, 0.1) is 38.3 Å². The zero-order valence-corrected chi connectivity index (χ0v) is 23.8. The largest absolute Gasteiger partial charge is 0.496 e. The summed E-state index contributed by atoms with van der Waals surface area (Å²) in [7, 11) is 6.23. The molecule has 1 aliphatic rings. The normalized spacial score (nSPS) is 12.3. The Hall–Kier alpha value is -5.12. The number of nitro benzene ring substituents is 2. The molecule has 42 heavy (non-hydrogen) atoms. The lowest BCUT2D eigenvalue weighted by Crippen LogP contribution is -2.07. The Balaban J connectivity index is 1.84. The summed E-state index contributed by atoms with van der Waals surface area (Å²) >= 11 is 0. The van der Waals surface area contributed by atoms with Gasteiger partial charge in [-0.2, -0.15) is 0 Å². The van der Waals surface area contributed by atoms with Gasteiger partial charge in [-0.05, 0) is 22.3 Å². The van der Waals surface area contributed by atoms with E-state index < -0.39 is 9.85 Å². The molecule has 216 valence electrons. The van der Waals surface area contributed by atoms with Crippen LogP contribution >= 0.6 is 0 Å². The third-order valence-corrected chi connectivity index (χ3v) is 7.57. The molecule has 0 unspecified atom stereocenters. The molecule has 0 amide bonds. The van der Waals surface area contributed by atoms with Crippen molar-refractivity contribution in [3.63, 3.8) is 0 Å². The number of benzene rings is 4. The Labute approximate surface area is 242 Å². The third-order valence-electron chi connectivity index (χ3n) is 7.57. The van der Waals surface area contributed by atoms with Crippen molar-refractivity contribution in [2.45, 2.75) is 25.7 Å². The summed E-state index contributed by atoms with van der Waals surface area (Å²) in [6.45, 7) is 0. The SMILES string of the molecule is COc1c2cccc1Cc1cc([N+](=O)[O-])cc(c1OC)Cc1cccc(c1OC)Cc1cc([N+](=O)[O-])cc(c1OC)C2. The summed E-state index contributed by atoms with van der Waals surface area (Å²) in [5.41, 5.74) is 5.60. The number of hydrogen-bond donors (Lipinski definition) is 0. The van der Waals surface area contributed by atoms with Crippen LogP contribution in [0.1, 0.15) is 44.5 Å². The molecule has 0 radical (unpaired) electrons. The van der Waals surface area contributed by atoms with Gasteiger partial charge in [-0.15, -0.1) is 0 Å². The van der Waals surface area contributed by atoms with Gasteiger partial charge in [-0.1, -0.05) is 36.4 Å². The van der Waals surface area contributed by atoms with E-state index in [-0.39, 0.29) is 11.4 Å². The Morgan fingerprint density at radius 2 is 0.714 bits per heavy atom. The molecule has 0 aliphatic heterocycles. The Morgan fingerprint density at radius 1 is 0.476 bits per heavy atom. The molecular formula is C32H30N2O8. The standard InChI is InChI=1S/C32H30N2O8/c1-39-29-19-7-5-8-20(29)12-24-16-28(34(37)38)18-26(32(24)42-4)14-22-10-6-9-21(30(22)40-2)13-25-17-27(33(35)36)15-23(11-19)31(25)41-3/h5-10,15-18H,11-14H2,1-4H3. The van der Waals surface area contributed by atoms with E-state index in [0.29, 0.717) is 70.9 Å². The molecule has 1 aliphatic carbocycles. The predicted octanol–water partition coefficient (Wildman–Crippen LogP) is 6.21. The number of nitrogens with zero attached hydrogens (tertiary/aromatic N) is 2. The molecule has 10 nitrogen and oxygen atoms in total. The zero-order valence-electron chi connectivity index (χ0n) is 23.8. The van der Waals surface area contributed by atoms with Crippen molar-refractivity contribution >= 4 is 11.4 Å². The maximum atomic E-state index is 12.0. The van der Waals surface area contributed by atoms with Gasteiger partial charge < -0.3 is 18.9 Å². The number of para-hydroxylation sites is 2. The van der Waals surface area contributed by atoms with Gasteiger partial charge in [0.25, 0.3) is 11.4 Å². The maximum Gasteiger partial charge on any atom is 0.270 e. The molecule has 4 aromatic carbocycles. The first-order valence-electron chi connectivity index (χ1n) is 13.3. The van der Waals surface area contributed by atoms with E-state index in [1.54, 1.807) is 28.4 Å². The first-order chi connectivity index (χ1) is 20.3. The van der Waals surface area contributed by atoms with Gasteiger partial charge in [-0.25, -0.2) is 0 Å². The van der Waals surface area contributed by atoms with Crippen molar-refractivity contribution in [1.29, 1.82) is 0 Å². The number of fused-ring (bicyclic) bond motifs is 8. The van der Waals surface area contributed by atoms with Crippen LogP contribution in [-0.4, -0.2) is 38.3 Å². The van der Waals surface area contributed by atoms with E-state index in [1.165, 1.54) is 24.3 Å². The molecule has 0 fully saturated rings. The van der Waals surface area contributed by atoms with Crippen molar-refractivity contribution < 1.29 is 28.8 Å². The summed E-state index contributed by atoms with van der Waals surface area (Å²) in [6, 6.07) is 17.4. The first kappa shape index (κ1) is 28.4. The van der Waals surface area contributed by atoms with Crippen LogP contribution < -0.4 is 18.9 Å². The minimum absolute atomic E-state index is 0.0424. The lowest BCUT2D eigenvalue weighted by molar-refractivity contribution is -0.385. The number of non-ortho nitro benzene ring substituents is 2. The van der Waals surface area contributed by atoms with Gasteiger partial charge in [0.1, 0.15) is 23.0 Å². The van der Waals surface area contributed by atoms with Crippen molar-refractivity contribution in [3.05, 3.63) is 125 Å². The molecule has 10 heteroatoms. The van der Waals surface area contributed by atoms with Crippen molar-refractivity contribution in [2.24, 2.45) is 0 Å². The predicted molar refractivity (Wildman–Crippen MR) is 157 cm³/mol. The van der Waals surface area contributed by atoms with Crippen LogP contribution in [0.15, 0.2) is 60.7 Å². The van der Waals surface area contributed by atoms with E-state index in [1.807, 2.05) is 36.4 Å². The van der Waals surface area contributed by atoms with Crippen LogP contribution in [0, 0.1) is 20.2 Å². The number of rotatable bonds is 6. The van der Waals surface area contributed by atoms with Crippen LogP contribution in [0.5, 0.6) is 23.0 Å². The van der Waals surface area contributed by atoms with E-state index in [9.17, 15) is 20.2 Å². The number of nitro groups is 2. The van der Waals surface area contributed by atoms with Crippen molar-refractivity contribution in [3.8, 4) is 23.0 Å². The van der Waals surface area contributed by atoms with E-state index >= 15 is 0 Å². The number of ether oxygens (including phenoxy) is 4. The first-order valence-corrected chi connectivity index (χ1v) is 13.3. The highest BCUT2D eigenvalue weighted by Crippen LogP contribution is 2.40. The molecule has 0 spiro atoms. The fourth-order valence-electron chi connectivity index (χ4n) is 5.91. The fourth-order valence-corrected chi connectivity index (χ4v) is 5.91. The Kier molecular flexibility index (Phi) is 7.97. The lowest BCUT2D eigenvalue weighted by atomic mass is 9.91. The Bertz CT molecular complexity index is 1480. The summed E-state index contributed by atoms with van der Waals surface area (Å²) < 4.78 is 23.5. The quantitative estimate of drug-likeness (QED) is 0.174. The minimum atomic E-state index is -0.405.